The summed E-state index contributed by atoms with van der Waals surface area (Å²) in [6, 6.07) is 5.93. The van der Waals surface area contributed by atoms with Gasteiger partial charge < -0.3 is 10.1 Å². The summed E-state index contributed by atoms with van der Waals surface area (Å²) in [4.78, 5) is 9.74. The molecule has 1 saturated heterocycles. The molecule has 3 nitrogen and oxygen atoms in total. The van der Waals surface area contributed by atoms with Crippen molar-refractivity contribution in [2.45, 2.75) is 30.7 Å². The van der Waals surface area contributed by atoms with Gasteiger partial charge in [-0.1, -0.05) is 23.2 Å². The molecule has 0 saturated carbocycles. The fourth-order valence-electron chi connectivity index (χ4n) is 1.40. The lowest BCUT2D eigenvalue weighted by Crippen LogP contribution is -2.16. The highest BCUT2D eigenvalue weighted by atomic mass is 35.5. The van der Waals surface area contributed by atoms with E-state index in [0.717, 1.165) is 10.9 Å². The summed E-state index contributed by atoms with van der Waals surface area (Å²) in [5, 5.41) is 4.56. The van der Waals surface area contributed by atoms with Crippen molar-refractivity contribution < 1.29 is 9.53 Å². The van der Waals surface area contributed by atoms with Crippen LogP contribution in [0.2, 0.25) is 10.0 Å². The van der Waals surface area contributed by atoms with Crippen LogP contribution in [0.15, 0.2) is 23.1 Å². The van der Waals surface area contributed by atoms with E-state index in [9.17, 15) is 0 Å². The van der Waals surface area contributed by atoms with E-state index in [4.69, 9.17) is 28.0 Å². The van der Waals surface area contributed by atoms with Crippen molar-refractivity contribution in [2.75, 3.05) is 13.7 Å². The van der Waals surface area contributed by atoms with Crippen LogP contribution in [0.3, 0.4) is 0 Å². The molecule has 1 atom stereocenters. The van der Waals surface area contributed by atoms with Crippen molar-refractivity contribution in [2.24, 2.45) is 0 Å². The van der Waals surface area contributed by atoms with Gasteiger partial charge >= 0.3 is 0 Å². The summed E-state index contributed by atoms with van der Waals surface area (Å²) in [7, 11) is 1.31. The Morgan fingerprint density at radius 2 is 1.89 bits per heavy atom. The molecule has 0 bridgehead atoms. The number of nitrogens with one attached hydrogen (secondary N) is 1. The monoisotopic (exact) mass is 323 g/mol. The summed E-state index contributed by atoms with van der Waals surface area (Å²) in [5.41, 5.74) is 0. The molecule has 1 heterocycles. The molecule has 1 aromatic rings. The zero-order valence-electron chi connectivity index (χ0n) is 11.0. The minimum Gasteiger partial charge on any atom is -0.471 e. The van der Waals surface area contributed by atoms with E-state index < -0.39 is 0 Å². The number of carbonyl (C=O) groups excluding carboxylic acids is 1. The van der Waals surface area contributed by atoms with Crippen LogP contribution in [-0.2, 0) is 9.53 Å². The number of ether oxygens (including phenoxy) is 1. The molecule has 0 spiro atoms. The number of carbonyl (C=O) groups is 1. The molecule has 108 valence electrons. The van der Waals surface area contributed by atoms with Crippen LogP contribution < -0.4 is 5.32 Å². The number of halogens is 2. The molecule has 0 aromatic heterocycles. The van der Waals surface area contributed by atoms with Gasteiger partial charge in [0.25, 0.3) is 6.47 Å². The zero-order chi connectivity index (χ0) is 14.7. The molecule has 1 N–H and O–H groups in total. The van der Waals surface area contributed by atoms with Crippen molar-refractivity contribution in [3.05, 3.63) is 28.2 Å². The minimum absolute atomic E-state index is 0.375. The van der Waals surface area contributed by atoms with Crippen LogP contribution in [0, 0.1) is 0 Å². The second-order valence-corrected chi connectivity index (χ2v) is 5.35. The lowest BCUT2D eigenvalue weighted by molar-refractivity contribution is -0.126. The van der Waals surface area contributed by atoms with Gasteiger partial charge in [-0.25, -0.2) is 0 Å². The quantitative estimate of drug-likeness (QED) is 0.609. The standard InChI is InChI=1S/C6H4Cl2S.C5H11N.C2H4O2/c7-4-1-5(8)3-6(9)2-4;1-5-3-2-4-6-5;1-4-2-3/h1-3,9H;5-6H,2-4H2,1H3;2H,1H3. The molecule has 1 aromatic carbocycles. The van der Waals surface area contributed by atoms with E-state index in [1.807, 2.05) is 0 Å². The van der Waals surface area contributed by atoms with Crippen molar-refractivity contribution in [3.63, 3.8) is 0 Å². The Balaban J connectivity index is 0.000000281. The highest BCUT2D eigenvalue weighted by Gasteiger charge is 2.05. The third kappa shape index (κ3) is 11.1. The Labute approximate surface area is 130 Å². The number of hydrogen-bond donors (Lipinski definition) is 2. The second kappa shape index (κ2) is 11.4. The van der Waals surface area contributed by atoms with Gasteiger partial charge in [-0.15, -0.1) is 12.6 Å². The molecule has 1 unspecified atom stereocenters. The molecular weight excluding hydrogens is 305 g/mol. The SMILES string of the molecule is CC1CCCN1.COC=O.Sc1cc(Cl)cc(Cl)c1. The summed E-state index contributed by atoms with van der Waals surface area (Å²) < 4.78 is 3.86. The third-order valence-corrected chi connectivity index (χ3v) is 2.94. The third-order valence-electron chi connectivity index (χ3n) is 2.25. The molecule has 2 rings (SSSR count). The Bertz CT molecular complexity index is 321. The zero-order valence-corrected chi connectivity index (χ0v) is 13.4. The molecule has 0 amide bonds. The van der Waals surface area contributed by atoms with Gasteiger partial charge in [0.05, 0.1) is 7.11 Å². The van der Waals surface area contributed by atoms with E-state index in [1.165, 1.54) is 26.5 Å². The van der Waals surface area contributed by atoms with Crippen LogP contribution in [0.1, 0.15) is 19.8 Å². The first kappa shape index (κ1) is 18.6. The predicted molar refractivity (Wildman–Crippen MR) is 83.5 cm³/mol. The van der Waals surface area contributed by atoms with Crippen molar-refractivity contribution in [3.8, 4) is 0 Å². The lowest BCUT2D eigenvalue weighted by atomic mass is 10.3. The molecule has 1 fully saturated rings. The normalized spacial score (nSPS) is 16.6. The fraction of sp³-hybridized carbons (Fsp3) is 0.462. The maximum atomic E-state index is 8.95. The second-order valence-electron chi connectivity index (χ2n) is 3.96. The van der Waals surface area contributed by atoms with Crippen molar-refractivity contribution in [1.82, 2.24) is 5.32 Å². The maximum absolute atomic E-state index is 8.95. The topological polar surface area (TPSA) is 38.3 Å². The maximum Gasteiger partial charge on any atom is 0.292 e. The first-order valence-electron chi connectivity index (χ1n) is 5.84. The average Bonchev–Trinajstić information content (AvgIpc) is 2.79. The smallest absolute Gasteiger partial charge is 0.292 e. The van der Waals surface area contributed by atoms with Crippen LogP contribution >= 0.6 is 35.8 Å². The van der Waals surface area contributed by atoms with E-state index in [-0.39, 0.29) is 0 Å². The predicted octanol–water partition coefficient (Wildman–Crippen LogP) is 3.83. The first-order valence-corrected chi connectivity index (χ1v) is 7.04. The highest BCUT2D eigenvalue weighted by Crippen LogP contribution is 2.20. The first-order chi connectivity index (χ1) is 8.99. The van der Waals surface area contributed by atoms with Crippen LogP contribution in [0.5, 0.6) is 0 Å². The van der Waals surface area contributed by atoms with E-state index >= 15 is 0 Å². The Hall–Kier alpha value is -0.420. The van der Waals surface area contributed by atoms with E-state index in [2.05, 4.69) is 29.6 Å². The van der Waals surface area contributed by atoms with Gasteiger partial charge in [0.1, 0.15) is 0 Å². The molecule has 1 aliphatic rings. The molecule has 0 radical (unpaired) electrons. The van der Waals surface area contributed by atoms with E-state index in [0.29, 0.717) is 16.5 Å². The van der Waals surface area contributed by atoms with Crippen molar-refractivity contribution >= 4 is 42.3 Å². The summed E-state index contributed by atoms with van der Waals surface area (Å²) in [5.74, 6) is 0. The Morgan fingerprint density at radius 1 is 1.37 bits per heavy atom. The molecule has 6 heteroatoms. The van der Waals surface area contributed by atoms with Gasteiger partial charge in [0.2, 0.25) is 0 Å². The summed E-state index contributed by atoms with van der Waals surface area (Å²) >= 11 is 15.3. The Morgan fingerprint density at radius 3 is 2.11 bits per heavy atom. The van der Waals surface area contributed by atoms with Crippen LogP contribution in [-0.4, -0.2) is 26.2 Å². The lowest BCUT2D eigenvalue weighted by Gasteiger charge is -1.95. The Kier molecular flexibility index (Phi) is 11.2. The number of benzene rings is 1. The minimum atomic E-state index is 0.375. The van der Waals surface area contributed by atoms with Gasteiger partial charge in [-0.2, -0.15) is 0 Å². The summed E-state index contributed by atoms with van der Waals surface area (Å²) in [6.45, 7) is 3.84. The molecule has 19 heavy (non-hydrogen) atoms. The molecule has 0 aliphatic carbocycles. The van der Waals surface area contributed by atoms with Gasteiger partial charge in [0, 0.05) is 21.0 Å². The van der Waals surface area contributed by atoms with Crippen LogP contribution in [0.25, 0.3) is 0 Å². The molecule has 1 aliphatic heterocycles. The number of rotatable bonds is 1. The molecular formula is C13H19Cl2NO2S. The van der Waals surface area contributed by atoms with Crippen molar-refractivity contribution in [1.29, 1.82) is 0 Å². The fourth-order valence-corrected chi connectivity index (χ4v) is 2.35. The van der Waals surface area contributed by atoms with Gasteiger partial charge in [-0.3, -0.25) is 4.79 Å². The highest BCUT2D eigenvalue weighted by molar-refractivity contribution is 7.80. The van der Waals surface area contributed by atoms with Gasteiger partial charge in [-0.05, 0) is 44.5 Å². The van der Waals surface area contributed by atoms with Gasteiger partial charge in [0.15, 0.2) is 0 Å². The van der Waals surface area contributed by atoms with E-state index in [1.54, 1.807) is 18.2 Å². The number of hydrogen-bond acceptors (Lipinski definition) is 4. The average molecular weight is 324 g/mol. The summed E-state index contributed by atoms with van der Waals surface area (Å²) in [6.07, 6.45) is 2.75. The largest absolute Gasteiger partial charge is 0.471 e. The number of methoxy groups -OCH3 is 1. The number of thiol groups is 1. The van der Waals surface area contributed by atoms with Crippen LogP contribution in [0.4, 0.5) is 0 Å².